The molecule has 2 rings (SSSR count). The molecule has 0 aromatic heterocycles. The number of carbonyl (C=O) groups is 1. The Labute approximate surface area is 130 Å². The van der Waals surface area contributed by atoms with Gasteiger partial charge in [0, 0.05) is 6.42 Å². The van der Waals surface area contributed by atoms with Crippen LogP contribution < -0.4 is 5.32 Å². The molecule has 3 nitrogen and oxygen atoms in total. The lowest BCUT2D eigenvalue weighted by atomic mass is 9.71. The molecule has 0 bridgehead atoms. The first kappa shape index (κ1) is 16.8. The fourth-order valence-corrected chi connectivity index (χ4v) is 4.38. The van der Waals surface area contributed by atoms with Crippen molar-refractivity contribution in [1.82, 2.24) is 5.32 Å². The fraction of sp³-hybridized carbons (Fsp3) is 0.944. The minimum atomic E-state index is 0.0166. The van der Waals surface area contributed by atoms with Gasteiger partial charge in [0.2, 0.25) is 0 Å². The quantitative estimate of drug-likeness (QED) is 0.802. The van der Waals surface area contributed by atoms with Gasteiger partial charge in [-0.15, -0.1) is 0 Å². The zero-order valence-electron chi connectivity index (χ0n) is 14.3. The summed E-state index contributed by atoms with van der Waals surface area (Å²) in [6.07, 6.45) is 6.49. The van der Waals surface area contributed by atoms with E-state index in [1.807, 2.05) is 0 Å². The molecule has 2 aliphatic rings. The Morgan fingerprint density at radius 1 is 1.38 bits per heavy atom. The normalized spacial score (nSPS) is 34.2. The molecule has 1 saturated carbocycles. The summed E-state index contributed by atoms with van der Waals surface area (Å²) in [5, 5.41) is 3.43. The Morgan fingerprint density at radius 2 is 2.14 bits per heavy atom. The molecule has 3 heteroatoms. The second-order valence-electron chi connectivity index (χ2n) is 8.31. The Kier molecular flexibility index (Phi) is 5.70. The lowest BCUT2D eigenvalue weighted by Gasteiger charge is -2.38. The molecule has 0 radical (unpaired) electrons. The number of ether oxygens (including phenoxy) is 1. The summed E-state index contributed by atoms with van der Waals surface area (Å²) in [4.78, 5) is 12.2. The summed E-state index contributed by atoms with van der Waals surface area (Å²) in [5.74, 6) is 1.74. The van der Waals surface area contributed by atoms with Gasteiger partial charge in [-0.1, -0.05) is 27.7 Å². The van der Waals surface area contributed by atoms with Crippen molar-refractivity contribution in [3.63, 3.8) is 0 Å². The standard InChI is InChI=1S/C18H33NO2/c1-13-8-16(11-18(3,4)10-13)21-17(20)9-14(2)15-6-5-7-19-12-15/h13-16,19H,5-12H2,1-4H3. The van der Waals surface area contributed by atoms with Gasteiger partial charge in [-0.2, -0.15) is 0 Å². The Balaban J connectivity index is 1.78. The predicted molar refractivity (Wildman–Crippen MR) is 86.1 cm³/mol. The highest BCUT2D eigenvalue weighted by Gasteiger charge is 2.34. The summed E-state index contributed by atoms with van der Waals surface area (Å²) in [6, 6.07) is 0. The molecule has 122 valence electrons. The minimum absolute atomic E-state index is 0.0166. The third kappa shape index (κ3) is 5.28. The van der Waals surface area contributed by atoms with Gasteiger partial charge in [0.25, 0.3) is 0 Å². The second-order valence-corrected chi connectivity index (χ2v) is 8.31. The van der Waals surface area contributed by atoms with E-state index >= 15 is 0 Å². The van der Waals surface area contributed by atoms with E-state index in [2.05, 4.69) is 33.0 Å². The van der Waals surface area contributed by atoms with Crippen LogP contribution in [0.15, 0.2) is 0 Å². The lowest BCUT2D eigenvalue weighted by molar-refractivity contribution is -0.154. The van der Waals surface area contributed by atoms with E-state index in [0.29, 0.717) is 29.6 Å². The molecule has 21 heavy (non-hydrogen) atoms. The molecule has 4 atom stereocenters. The van der Waals surface area contributed by atoms with Crippen molar-refractivity contribution in [2.45, 2.75) is 72.3 Å². The van der Waals surface area contributed by atoms with Gasteiger partial charge in [0.05, 0.1) is 0 Å². The highest BCUT2D eigenvalue weighted by Crippen LogP contribution is 2.39. The minimum Gasteiger partial charge on any atom is -0.462 e. The SMILES string of the molecule is CC1CC(OC(=O)CC(C)C2CCCNC2)CC(C)(C)C1. The van der Waals surface area contributed by atoms with Crippen molar-refractivity contribution in [3.8, 4) is 0 Å². The molecule has 0 amide bonds. The van der Waals surface area contributed by atoms with Gasteiger partial charge in [-0.05, 0) is 68.4 Å². The number of nitrogens with one attached hydrogen (secondary N) is 1. The van der Waals surface area contributed by atoms with Crippen LogP contribution in [0.1, 0.15) is 66.2 Å². The highest BCUT2D eigenvalue weighted by atomic mass is 16.5. The third-order valence-electron chi connectivity index (χ3n) is 5.27. The van der Waals surface area contributed by atoms with E-state index in [4.69, 9.17) is 4.74 Å². The molecule has 1 aliphatic carbocycles. The summed E-state index contributed by atoms with van der Waals surface area (Å²) in [6.45, 7) is 11.2. The van der Waals surface area contributed by atoms with Crippen LogP contribution in [0.5, 0.6) is 0 Å². The molecule has 0 aromatic rings. The van der Waals surface area contributed by atoms with Crippen LogP contribution in [0.2, 0.25) is 0 Å². The summed E-state index contributed by atoms with van der Waals surface area (Å²) >= 11 is 0. The van der Waals surface area contributed by atoms with Crippen molar-refractivity contribution in [3.05, 3.63) is 0 Å². The Bertz CT molecular complexity index is 347. The monoisotopic (exact) mass is 295 g/mol. The predicted octanol–water partition coefficient (Wildman–Crippen LogP) is 3.77. The average molecular weight is 295 g/mol. The Hall–Kier alpha value is -0.570. The van der Waals surface area contributed by atoms with E-state index < -0.39 is 0 Å². The first-order valence-corrected chi connectivity index (χ1v) is 8.76. The van der Waals surface area contributed by atoms with E-state index in [0.717, 1.165) is 25.9 Å². The van der Waals surface area contributed by atoms with Gasteiger partial charge in [-0.25, -0.2) is 0 Å². The van der Waals surface area contributed by atoms with Crippen LogP contribution in [0.25, 0.3) is 0 Å². The maximum absolute atomic E-state index is 12.2. The van der Waals surface area contributed by atoms with Crippen LogP contribution in [-0.2, 0) is 9.53 Å². The van der Waals surface area contributed by atoms with Crippen LogP contribution in [0, 0.1) is 23.2 Å². The summed E-state index contributed by atoms with van der Waals surface area (Å²) in [7, 11) is 0. The first-order chi connectivity index (χ1) is 9.85. The molecule has 0 spiro atoms. The van der Waals surface area contributed by atoms with Gasteiger partial charge < -0.3 is 10.1 Å². The molecular weight excluding hydrogens is 262 g/mol. The van der Waals surface area contributed by atoms with Gasteiger partial charge in [0.15, 0.2) is 0 Å². The van der Waals surface area contributed by atoms with E-state index in [9.17, 15) is 4.79 Å². The number of hydrogen-bond donors (Lipinski definition) is 1. The molecule has 2 fully saturated rings. The number of esters is 1. The molecule has 1 saturated heterocycles. The number of rotatable bonds is 4. The van der Waals surface area contributed by atoms with Gasteiger partial charge >= 0.3 is 5.97 Å². The number of piperidine rings is 1. The molecule has 1 aliphatic heterocycles. The number of hydrogen-bond acceptors (Lipinski definition) is 3. The van der Waals surface area contributed by atoms with Crippen molar-refractivity contribution >= 4 is 5.97 Å². The van der Waals surface area contributed by atoms with Crippen LogP contribution in [-0.4, -0.2) is 25.2 Å². The molecule has 1 heterocycles. The zero-order valence-corrected chi connectivity index (χ0v) is 14.3. The van der Waals surface area contributed by atoms with E-state index in [-0.39, 0.29) is 12.1 Å². The zero-order chi connectivity index (χ0) is 15.5. The summed E-state index contributed by atoms with van der Waals surface area (Å²) in [5.41, 5.74) is 0.307. The van der Waals surface area contributed by atoms with Crippen molar-refractivity contribution in [1.29, 1.82) is 0 Å². The topological polar surface area (TPSA) is 38.3 Å². The second kappa shape index (κ2) is 7.13. The van der Waals surface area contributed by atoms with E-state index in [1.165, 1.54) is 19.3 Å². The fourth-order valence-electron chi connectivity index (χ4n) is 4.38. The molecule has 0 aromatic carbocycles. The van der Waals surface area contributed by atoms with Crippen molar-refractivity contribution in [2.24, 2.45) is 23.2 Å². The van der Waals surface area contributed by atoms with Crippen molar-refractivity contribution in [2.75, 3.05) is 13.1 Å². The number of carbonyl (C=O) groups excluding carboxylic acids is 1. The maximum Gasteiger partial charge on any atom is 0.306 e. The maximum atomic E-state index is 12.2. The highest BCUT2D eigenvalue weighted by molar-refractivity contribution is 5.69. The third-order valence-corrected chi connectivity index (χ3v) is 5.27. The average Bonchev–Trinajstić information content (AvgIpc) is 2.36. The van der Waals surface area contributed by atoms with Crippen molar-refractivity contribution < 1.29 is 9.53 Å². The van der Waals surface area contributed by atoms with Crippen LogP contribution in [0.3, 0.4) is 0 Å². The Morgan fingerprint density at radius 3 is 2.76 bits per heavy atom. The lowest BCUT2D eigenvalue weighted by Crippen LogP contribution is -2.36. The van der Waals surface area contributed by atoms with Crippen LogP contribution in [0.4, 0.5) is 0 Å². The summed E-state index contributed by atoms with van der Waals surface area (Å²) < 4.78 is 5.80. The van der Waals surface area contributed by atoms with Crippen LogP contribution >= 0.6 is 0 Å². The smallest absolute Gasteiger partial charge is 0.306 e. The molecular formula is C18H33NO2. The first-order valence-electron chi connectivity index (χ1n) is 8.76. The molecule has 1 N–H and O–H groups in total. The molecule has 4 unspecified atom stereocenters. The largest absolute Gasteiger partial charge is 0.462 e. The van der Waals surface area contributed by atoms with E-state index in [1.54, 1.807) is 0 Å². The van der Waals surface area contributed by atoms with Gasteiger partial charge in [0.1, 0.15) is 6.10 Å². The van der Waals surface area contributed by atoms with Gasteiger partial charge in [-0.3, -0.25) is 4.79 Å².